The van der Waals surface area contributed by atoms with E-state index in [9.17, 15) is 0 Å². The zero-order valence-electron chi connectivity index (χ0n) is 22.7. The minimum Gasteiger partial charge on any atom is -0.289 e. The molecule has 3 heterocycles. The van der Waals surface area contributed by atoms with Gasteiger partial charge in [0.15, 0.2) is 5.65 Å². The number of thiazole rings is 1. The number of aromatic nitrogens is 4. The van der Waals surface area contributed by atoms with Crippen LogP contribution in [0.3, 0.4) is 0 Å². The van der Waals surface area contributed by atoms with E-state index in [-0.39, 0.29) is 5.41 Å². The molecular weight excluding hydrogens is 508 g/mol. The second-order valence-corrected chi connectivity index (χ2v) is 12.0. The highest BCUT2D eigenvalue weighted by atomic mass is 32.1. The Hall–Kier alpha value is -4.61. The van der Waals surface area contributed by atoms with E-state index in [0.717, 1.165) is 60.1 Å². The molecule has 0 saturated heterocycles. The maximum absolute atomic E-state index is 5.17. The monoisotopic (exact) mass is 536 g/mol. The molecule has 0 aliphatic rings. The summed E-state index contributed by atoms with van der Waals surface area (Å²) in [5, 5.41) is 1.12. The van der Waals surface area contributed by atoms with Crippen molar-refractivity contribution in [1.29, 1.82) is 0 Å². The third-order valence-electron chi connectivity index (χ3n) is 7.16. The topological polar surface area (TPSA) is 43.6 Å². The highest BCUT2D eigenvalue weighted by molar-refractivity contribution is 7.18. The van der Waals surface area contributed by atoms with Crippen LogP contribution in [-0.2, 0) is 5.41 Å². The van der Waals surface area contributed by atoms with Crippen LogP contribution >= 0.6 is 11.3 Å². The van der Waals surface area contributed by atoms with Crippen molar-refractivity contribution in [3.63, 3.8) is 0 Å². The van der Waals surface area contributed by atoms with Gasteiger partial charge in [0.2, 0.25) is 0 Å². The van der Waals surface area contributed by atoms with Crippen LogP contribution in [0.15, 0.2) is 115 Å². The molecule has 0 fully saturated rings. The number of hydrogen-bond donors (Lipinski definition) is 0. The Kier molecular flexibility index (Phi) is 5.83. The van der Waals surface area contributed by atoms with Crippen LogP contribution in [-0.4, -0.2) is 19.5 Å². The number of pyridine rings is 1. The first-order chi connectivity index (χ1) is 19.5. The molecule has 0 atom stereocenters. The van der Waals surface area contributed by atoms with Crippen molar-refractivity contribution in [2.45, 2.75) is 26.2 Å². The zero-order valence-corrected chi connectivity index (χ0v) is 23.5. The van der Waals surface area contributed by atoms with E-state index in [1.165, 1.54) is 0 Å². The quantitative estimate of drug-likeness (QED) is 0.225. The van der Waals surface area contributed by atoms with Gasteiger partial charge in [0.25, 0.3) is 0 Å². The molecule has 0 radical (unpaired) electrons. The summed E-state index contributed by atoms with van der Waals surface area (Å²) < 4.78 is 3.45. The first kappa shape index (κ1) is 24.4. The van der Waals surface area contributed by atoms with Gasteiger partial charge in [-0.05, 0) is 35.4 Å². The molecule has 40 heavy (non-hydrogen) atoms. The fourth-order valence-electron chi connectivity index (χ4n) is 5.26. The molecule has 3 aromatic heterocycles. The number of fused-ring (bicyclic) bond motifs is 2. The molecule has 0 unspecified atom stereocenters. The molecule has 7 rings (SSSR count). The van der Waals surface area contributed by atoms with Crippen LogP contribution in [0.4, 0.5) is 0 Å². The second-order valence-electron chi connectivity index (χ2n) is 11.0. The van der Waals surface area contributed by atoms with E-state index < -0.39 is 0 Å². The molecule has 0 N–H and O–H groups in total. The van der Waals surface area contributed by atoms with Crippen LogP contribution in [0.25, 0.3) is 60.7 Å². The Morgan fingerprint density at radius 2 is 1.25 bits per heavy atom. The summed E-state index contributed by atoms with van der Waals surface area (Å²) in [5.74, 6) is 0.839. The molecule has 194 valence electrons. The first-order valence-corrected chi connectivity index (χ1v) is 14.3. The molecular formula is C35H28N4S. The third kappa shape index (κ3) is 4.10. The number of benzene rings is 4. The van der Waals surface area contributed by atoms with Gasteiger partial charge in [-0.1, -0.05) is 106 Å². The molecule has 0 amide bonds. The van der Waals surface area contributed by atoms with Gasteiger partial charge in [0, 0.05) is 28.3 Å². The summed E-state index contributed by atoms with van der Waals surface area (Å²) in [6, 6.07) is 38.2. The van der Waals surface area contributed by atoms with E-state index in [4.69, 9.17) is 15.0 Å². The van der Waals surface area contributed by atoms with Crippen molar-refractivity contribution in [3.8, 4) is 39.3 Å². The molecule has 0 aliphatic heterocycles. The largest absolute Gasteiger partial charge is 0.289 e. The minimum atomic E-state index is -0.0387. The summed E-state index contributed by atoms with van der Waals surface area (Å²) in [6.07, 6.45) is 1.81. The first-order valence-electron chi connectivity index (χ1n) is 13.5. The van der Waals surface area contributed by atoms with Crippen LogP contribution in [0.2, 0.25) is 0 Å². The van der Waals surface area contributed by atoms with Gasteiger partial charge in [-0.15, -0.1) is 11.3 Å². The van der Waals surface area contributed by atoms with Gasteiger partial charge in [0.05, 0.1) is 26.4 Å². The van der Waals surface area contributed by atoms with Crippen molar-refractivity contribution in [2.24, 2.45) is 0 Å². The number of para-hydroxylation sites is 2. The van der Waals surface area contributed by atoms with Crippen LogP contribution in [0.1, 0.15) is 25.8 Å². The van der Waals surface area contributed by atoms with Crippen molar-refractivity contribution in [2.75, 3.05) is 0 Å². The van der Waals surface area contributed by atoms with E-state index in [1.54, 1.807) is 11.3 Å². The minimum absolute atomic E-state index is 0.0387. The van der Waals surface area contributed by atoms with E-state index >= 15 is 0 Å². The number of imidazole rings is 1. The Bertz CT molecular complexity index is 1920. The maximum Gasteiger partial charge on any atom is 0.178 e. The van der Waals surface area contributed by atoms with Crippen molar-refractivity contribution < 1.29 is 0 Å². The third-order valence-corrected chi connectivity index (χ3v) is 8.61. The Morgan fingerprint density at radius 1 is 0.625 bits per heavy atom. The van der Waals surface area contributed by atoms with Crippen molar-refractivity contribution in [3.05, 3.63) is 120 Å². The van der Waals surface area contributed by atoms with Gasteiger partial charge < -0.3 is 0 Å². The SMILES string of the molecule is CC(C)(C)c1nc2c(-c3nc4ncccc4n3-c3c(-c4ccccc4)cccc3-c3ccccc3)cccc2s1. The lowest BCUT2D eigenvalue weighted by Gasteiger charge is -2.19. The Balaban J connectivity index is 1.61. The average molecular weight is 537 g/mol. The van der Waals surface area contributed by atoms with Gasteiger partial charge in [0.1, 0.15) is 5.82 Å². The number of hydrogen-bond acceptors (Lipinski definition) is 4. The highest BCUT2D eigenvalue weighted by Gasteiger charge is 2.25. The van der Waals surface area contributed by atoms with Gasteiger partial charge in [-0.2, -0.15) is 0 Å². The zero-order chi connectivity index (χ0) is 27.3. The highest BCUT2D eigenvalue weighted by Crippen LogP contribution is 2.42. The number of nitrogens with zero attached hydrogens (tertiary/aromatic N) is 4. The summed E-state index contributed by atoms with van der Waals surface area (Å²) in [6.45, 7) is 6.64. The molecule has 7 aromatic rings. The fourth-order valence-corrected chi connectivity index (χ4v) is 6.31. The molecule has 0 aliphatic carbocycles. The average Bonchev–Trinajstić information content (AvgIpc) is 3.60. The maximum atomic E-state index is 5.17. The summed E-state index contributed by atoms with van der Waals surface area (Å²) in [4.78, 5) is 15.0. The lowest BCUT2D eigenvalue weighted by atomic mass is 9.95. The second kappa shape index (κ2) is 9.54. The normalized spacial score (nSPS) is 11.9. The van der Waals surface area contributed by atoms with Crippen molar-refractivity contribution in [1.82, 2.24) is 19.5 Å². The molecule has 0 bridgehead atoms. The summed E-state index contributed by atoms with van der Waals surface area (Å²) >= 11 is 1.76. The van der Waals surface area contributed by atoms with Gasteiger partial charge in [-0.25, -0.2) is 15.0 Å². The summed E-state index contributed by atoms with van der Waals surface area (Å²) in [7, 11) is 0. The van der Waals surface area contributed by atoms with E-state index in [1.807, 2.05) is 12.3 Å². The standard InChI is InChI=1S/C35H28N4S/c1-35(2,3)34-37-30-27(19-11-21-29(30)40-34)33-38-32-28(20-12-22-36-32)39(33)31-25(23-13-6-4-7-14-23)17-10-18-26(31)24-15-8-5-9-16-24/h4-22H,1-3H3. The van der Waals surface area contributed by atoms with Gasteiger partial charge in [-0.3, -0.25) is 4.57 Å². The van der Waals surface area contributed by atoms with E-state index in [0.29, 0.717) is 5.65 Å². The Morgan fingerprint density at radius 3 is 1.90 bits per heavy atom. The van der Waals surface area contributed by atoms with Crippen LogP contribution < -0.4 is 0 Å². The van der Waals surface area contributed by atoms with Crippen LogP contribution in [0, 0.1) is 0 Å². The summed E-state index contributed by atoms with van der Waals surface area (Å²) in [5.41, 5.74) is 9.25. The van der Waals surface area contributed by atoms with E-state index in [2.05, 4.69) is 128 Å². The molecule has 0 saturated carbocycles. The predicted octanol–water partition coefficient (Wildman–Crippen LogP) is 9.33. The predicted molar refractivity (Wildman–Crippen MR) is 167 cm³/mol. The Labute approximate surface area is 237 Å². The van der Waals surface area contributed by atoms with Crippen LogP contribution in [0.5, 0.6) is 0 Å². The fraction of sp³-hybridized carbons (Fsp3) is 0.114. The lowest BCUT2D eigenvalue weighted by Crippen LogP contribution is -2.10. The molecule has 0 spiro atoms. The van der Waals surface area contributed by atoms with Gasteiger partial charge >= 0.3 is 0 Å². The van der Waals surface area contributed by atoms with Crippen molar-refractivity contribution >= 4 is 32.7 Å². The molecule has 4 aromatic carbocycles. The smallest absolute Gasteiger partial charge is 0.178 e. The molecule has 5 heteroatoms. The number of rotatable bonds is 4. The lowest BCUT2D eigenvalue weighted by molar-refractivity contribution is 0.587. The molecule has 4 nitrogen and oxygen atoms in total.